The second-order valence-corrected chi connectivity index (χ2v) is 18.5. The zero-order chi connectivity index (χ0) is 46.5. The van der Waals surface area contributed by atoms with Crippen LogP contribution in [0.2, 0.25) is 0 Å². The van der Waals surface area contributed by atoms with Gasteiger partial charge in [0.05, 0.1) is 0 Å². The summed E-state index contributed by atoms with van der Waals surface area (Å²) < 4.78 is 16.8. The summed E-state index contributed by atoms with van der Waals surface area (Å²) in [6.45, 7) is 6.58. The Bertz CT molecular complexity index is 1120. The summed E-state index contributed by atoms with van der Waals surface area (Å²) in [6.07, 6.45) is 63.8. The van der Waals surface area contributed by atoms with Gasteiger partial charge >= 0.3 is 17.9 Å². The first-order chi connectivity index (χ1) is 31.5. The van der Waals surface area contributed by atoms with Crippen molar-refractivity contribution in [2.75, 3.05) is 13.2 Å². The topological polar surface area (TPSA) is 78.9 Å². The normalized spacial score (nSPS) is 12.4. The highest BCUT2D eigenvalue weighted by Gasteiger charge is 2.19. The molecule has 0 aliphatic carbocycles. The average Bonchev–Trinajstić information content (AvgIpc) is 3.29. The second kappa shape index (κ2) is 53.0. The summed E-state index contributed by atoms with van der Waals surface area (Å²) >= 11 is 0. The smallest absolute Gasteiger partial charge is 0.306 e. The number of hydrogen-bond donors (Lipinski definition) is 0. The Morgan fingerprint density at radius 1 is 0.312 bits per heavy atom. The number of carbonyl (C=O) groups is 3. The third-order valence-electron chi connectivity index (χ3n) is 12.0. The molecule has 0 aliphatic rings. The quantitative estimate of drug-likeness (QED) is 0.0262. The Balaban J connectivity index is 4.34. The maximum absolute atomic E-state index is 12.8. The van der Waals surface area contributed by atoms with Gasteiger partial charge in [-0.2, -0.15) is 0 Å². The minimum Gasteiger partial charge on any atom is -0.462 e. The molecule has 0 aromatic rings. The van der Waals surface area contributed by atoms with Crippen LogP contribution in [0.4, 0.5) is 0 Å². The van der Waals surface area contributed by atoms with Gasteiger partial charge in [-0.1, -0.05) is 217 Å². The number of unbranched alkanes of at least 4 members (excludes halogenated alkanes) is 31. The van der Waals surface area contributed by atoms with E-state index < -0.39 is 6.10 Å². The number of esters is 3. The zero-order valence-electron chi connectivity index (χ0n) is 42.6. The molecule has 0 aromatic heterocycles. The van der Waals surface area contributed by atoms with Crippen LogP contribution in [0.15, 0.2) is 48.6 Å². The number of carbonyl (C=O) groups excluding carboxylic acids is 3. The van der Waals surface area contributed by atoms with E-state index in [4.69, 9.17) is 14.2 Å². The van der Waals surface area contributed by atoms with Crippen LogP contribution in [0, 0.1) is 0 Å². The molecule has 0 aromatic carbocycles. The SMILES string of the molecule is CCCC/C=C\CCCCCCCC(=O)OC[C@H](COC(=O)CCCCCCCCCCC/C=C\C/C=C\CCCCC)OC(=O)CCCCCCC/C=C\CCCCCCCCC. The first-order valence-electron chi connectivity index (χ1n) is 27.6. The van der Waals surface area contributed by atoms with Crippen molar-refractivity contribution >= 4 is 17.9 Å². The lowest BCUT2D eigenvalue weighted by molar-refractivity contribution is -0.167. The maximum Gasteiger partial charge on any atom is 0.306 e. The summed E-state index contributed by atoms with van der Waals surface area (Å²) in [5.41, 5.74) is 0. The Morgan fingerprint density at radius 2 is 0.578 bits per heavy atom. The largest absolute Gasteiger partial charge is 0.462 e. The van der Waals surface area contributed by atoms with Gasteiger partial charge in [-0.3, -0.25) is 14.4 Å². The van der Waals surface area contributed by atoms with Crippen LogP contribution in [0.1, 0.15) is 284 Å². The van der Waals surface area contributed by atoms with Crippen molar-refractivity contribution < 1.29 is 28.6 Å². The number of ether oxygens (including phenoxy) is 3. The van der Waals surface area contributed by atoms with Crippen LogP contribution in [-0.2, 0) is 28.6 Å². The number of hydrogen-bond acceptors (Lipinski definition) is 6. The minimum absolute atomic E-state index is 0.0802. The molecule has 0 bridgehead atoms. The van der Waals surface area contributed by atoms with E-state index >= 15 is 0 Å². The van der Waals surface area contributed by atoms with Crippen LogP contribution in [0.25, 0.3) is 0 Å². The molecule has 0 unspecified atom stereocenters. The van der Waals surface area contributed by atoms with Gasteiger partial charge in [0, 0.05) is 19.3 Å². The second-order valence-electron chi connectivity index (χ2n) is 18.5. The van der Waals surface area contributed by atoms with Crippen LogP contribution < -0.4 is 0 Å². The fraction of sp³-hybridized carbons (Fsp3) is 0.810. The molecule has 6 heteroatoms. The van der Waals surface area contributed by atoms with Gasteiger partial charge in [-0.25, -0.2) is 0 Å². The van der Waals surface area contributed by atoms with Gasteiger partial charge in [0.25, 0.3) is 0 Å². The molecule has 6 nitrogen and oxygen atoms in total. The molecule has 0 fully saturated rings. The molecule has 0 radical (unpaired) electrons. The molecule has 0 amide bonds. The molecule has 0 aliphatic heterocycles. The Labute approximate surface area is 397 Å². The van der Waals surface area contributed by atoms with Gasteiger partial charge in [0.15, 0.2) is 6.10 Å². The van der Waals surface area contributed by atoms with Crippen LogP contribution in [0.5, 0.6) is 0 Å². The lowest BCUT2D eigenvalue weighted by Gasteiger charge is -2.18. The molecular formula is C58H104O6. The zero-order valence-corrected chi connectivity index (χ0v) is 42.6. The fourth-order valence-corrected chi connectivity index (χ4v) is 7.80. The highest BCUT2D eigenvalue weighted by atomic mass is 16.6. The summed E-state index contributed by atoms with van der Waals surface area (Å²) in [5, 5.41) is 0. The van der Waals surface area contributed by atoms with E-state index in [1.54, 1.807) is 0 Å². The van der Waals surface area contributed by atoms with Gasteiger partial charge in [-0.15, -0.1) is 0 Å². The van der Waals surface area contributed by atoms with Gasteiger partial charge in [0.1, 0.15) is 13.2 Å². The van der Waals surface area contributed by atoms with E-state index in [-0.39, 0.29) is 31.1 Å². The van der Waals surface area contributed by atoms with E-state index in [0.29, 0.717) is 19.3 Å². The van der Waals surface area contributed by atoms with E-state index in [1.165, 1.54) is 161 Å². The standard InChI is InChI=1S/C58H104O6/c1-4-7-10-13-16-19-22-24-26-28-29-30-32-33-36-39-42-45-48-51-57(60)63-54-55(53-62-56(59)50-47-44-41-38-35-21-18-15-12-9-6-3)64-58(61)52-49-46-43-40-37-34-31-27-25-23-20-17-14-11-8-5-2/h15-16,18-19,24,26-27,31,55H,4-14,17,20-23,25,28-30,32-54H2,1-3H3/b18-15-,19-16-,26-24-,31-27-/t55-/m1/s1. The van der Waals surface area contributed by atoms with Gasteiger partial charge < -0.3 is 14.2 Å². The predicted octanol–water partition coefficient (Wildman–Crippen LogP) is 18.3. The third kappa shape index (κ3) is 50.4. The van der Waals surface area contributed by atoms with E-state index in [1.807, 2.05) is 0 Å². The Morgan fingerprint density at radius 3 is 0.953 bits per heavy atom. The minimum atomic E-state index is -0.781. The van der Waals surface area contributed by atoms with Crippen LogP contribution in [-0.4, -0.2) is 37.2 Å². The average molecular weight is 897 g/mol. The van der Waals surface area contributed by atoms with Crippen molar-refractivity contribution in [3.8, 4) is 0 Å². The van der Waals surface area contributed by atoms with Crippen molar-refractivity contribution in [3.05, 3.63) is 48.6 Å². The molecule has 0 saturated carbocycles. The lowest BCUT2D eigenvalue weighted by Crippen LogP contribution is -2.30. The predicted molar refractivity (Wildman–Crippen MR) is 275 cm³/mol. The van der Waals surface area contributed by atoms with Gasteiger partial charge in [0.2, 0.25) is 0 Å². The molecule has 0 N–H and O–H groups in total. The van der Waals surface area contributed by atoms with Crippen molar-refractivity contribution in [1.29, 1.82) is 0 Å². The molecule has 0 rings (SSSR count). The highest BCUT2D eigenvalue weighted by molar-refractivity contribution is 5.71. The molecule has 0 heterocycles. The highest BCUT2D eigenvalue weighted by Crippen LogP contribution is 2.15. The molecular weight excluding hydrogens is 793 g/mol. The molecule has 1 atom stereocenters. The molecule has 64 heavy (non-hydrogen) atoms. The maximum atomic E-state index is 12.8. The summed E-state index contributed by atoms with van der Waals surface area (Å²) in [7, 11) is 0. The first kappa shape index (κ1) is 61.4. The molecule has 372 valence electrons. The number of rotatable bonds is 50. The van der Waals surface area contributed by atoms with E-state index in [0.717, 1.165) is 83.5 Å². The van der Waals surface area contributed by atoms with Crippen molar-refractivity contribution in [2.45, 2.75) is 290 Å². The van der Waals surface area contributed by atoms with E-state index in [2.05, 4.69) is 69.4 Å². The van der Waals surface area contributed by atoms with Crippen molar-refractivity contribution in [3.63, 3.8) is 0 Å². The monoisotopic (exact) mass is 897 g/mol. The fourth-order valence-electron chi connectivity index (χ4n) is 7.80. The van der Waals surface area contributed by atoms with Crippen LogP contribution in [0.3, 0.4) is 0 Å². The first-order valence-corrected chi connectivity index (χ1v) is 27.6. The van der Waals surface area contributed by atoms with Gasteiger partial charge in [-0.05, 0) is 96.3 Å². The summed E-state index contributed by atoms with van der Waals surface area (Å²) in [4.78, 5) is 38.0. The lowest BCUT2D eigenvalue weighted by atomic mass is 10.1. The van der Waals surface area contributed by atoms with Crippen molar-refractivity contribution in [2.24, 2.45) is 0 Å². The molecule has 0 saturated heterocycles. The van der Waals surface area contributed by atoms with Crippen molar-refractivity contribution in [1.82, 2.24) is 0 Å². The van der Waals surface area contributed by atoms with E-state index in [9.17, 15) is 14.4 Å². The number of allylic oxidation sites excluding steroid dienone is 8. The summed E-state index contributed by atoms with van der Waals surface area (Å²) in [5.74, 6) is -0.893. The summed E-state index contributed by atoms with van der Waals surface area (Å²) in [6, 6.07) is 0. The third-order valence-corrected chi connectivity index (χ3v) is 12.0. The Kier molecular flexibility index (Phi) is 50.8. The van der Waals surface area contributed by atoms with Crippen LogP contribution >= 0.6 is 0 Å². The molecule has 0 spiro atoms. The Hall–Kier alpha value is -2.63.